The molecular weight excluding hydrogens is 324 g/mol. The van der Waals surface area contributed by atoms with Gasteiger partial charge >= 0.3 is 0 Å². The highest BCUT2D eigenvalue weighted by Crippen LogP contribution is 2.17. The van der Waals surface area contributed by atoms with Gasteiger partial charge in [-0.25, -0.2) is 0 Å². The number of carbonyl (C=O) groups excluding carboxylic acids is 1. The van der Waals surface area contributed by atoms with Crippen molar-refractivity contribution in [2.24, 2.45) is 5.92 Å². The standard InChI is InChI=1S/C22H28N2O2/c1-17-15-20(12-14-23-17)22(25)24-13-11-18-7-9-21(10-8-18)26-16-19-5-3-2-4-6-19/h2-10,17,20,23H,11-16H2,1H3,(H,24,25)/t17-,20-/m0/s1. The third kappa shape index (κ3) is 5.60. The molecule has 0 saturated carbocycles. The van der Waals surface area contributed by atoms with E-state index in [9.17, 15) is 4.79 Å². The zero-order valence-corrected chi connectivity index (χ0v) is 15.4. The highest BCUT2D eigenvalue weighted by Gasteiger charge is 2.24. The molecule has 0 bridgehead atoms. The van der Waals surface area contributed by atoms with E-state index < -0.39 is 0 Å². The SMILES string of the molecule is C[C@H]1C[C@@H](C(=O)NCCc2ccc(OCc3ccccc3)cc2)CCN1. The molecule has 2 aromatic carbocycles. The number of hydrogen-bond donors (Lipinski definition) is 2. The lowest BCUT2D eigenvalue weighted by molar-refractivity contribution is -0.126. The van der Waals surface area contributed by atoms with Gasteiger partial charge in [-0.2, -0.15) is 0 Å². The summed E-state index contributed by atoms with van der Waals surface area (Å²) in [4.78, 5) is 12.2. The molecule has 4 nitrogen and oxygen atoms in total. The largest absolute Gasteiger partial charge is 0.489 e. The molecule has 0 aromatic heterocycles. The first-order valence-electron chi connectivity index (χ1n) is 9.47. The van der Waals surface area contributed by atoms with Crippen LogP contribution in [0.2, 0.25) is 0 Å². The van der Waals surface area contributed by atoms with Crippen LogP contribution >= 0.6 is 0 Å². The summed E-state index contributed by atoms with van der Waals surface area (Å²) in [5.74, 6) is 1.21. The molecule has 2 N–H and O–H groups in total. The first-order chi connectivity index (χ1) is 12.7. The lowest BCUT2D eigenvalue weighted by Crippen LogP contribution is -2.42. The number of piperidine rings is 1. The number of amides is 1. The smallest absolute Gasteiger partial charge is 0.223 e. The molecule has 2 atom stereocenters. The van der Waals surface area contributed by atoms with Crippen molar-refractivity contribution in [3.05, 3.63) is 65.7 Å². The molecule has 1 amide bonds. The molecule has 2 aromatic rings. The summed E-state index contributed by atoms with van der Waals surface area (Å²) in [6, 6.07) is 18.7. The van der Waals surface area contributed by atoms with Crippen LogP contribution in [0.3, 0.4) is 0 Å². The zero-order chi connectivity index (χ0) is 18.2. The van der Waals surface area contributed by atoms with E-state index in [-0.39, 0.29) is 11.8 Å². The lowest BCUT2D eigenvalue weighted by Gasteiger charge is -2.27. The van der Waals surface area contributed by atoms with Crippen LogP contribution in [0.4, 0.5) is 0 Å². The normalized spacial score (nSPS) is 19.7. The number of hydrogen-bond acceptors (Lipinski definition) is 3. The number of nitrogens with one attached hydrogen (secondary N) is 2. The lowest BCUT2D eigenvalue weighted by atomic mass is 9.92. The zero-order valence-electron chi connectivity index (χ0n) is 15.4. The Morgan fingerprint density at radius 3 is 2.62 bits per heavy atom. The van der Waals surface area contributed by atoms with Crippen LogP contribution in [0.25, 0.3) is 0 Å². The van der Waals surface area contributed by atoms with E-state index in [1.165, 1.54) is 5.56 Å². The minimum Gasteiger partial charge on any atom is -0.489 e. The first kappa shape index (κ1) is 18.5. The van der Waals surface area contributed by atoms with Gasteiger partial charge in [0.25, 0.3) is 0 Å². The molecule has 1 fully saturated rings. The molecule has 4 heteroatoms. The second-order valence-electron chi connectivity index (χ2n) is 7.04. The maximum absolute atomic E-state index is 12.2. The van der Waals surface area contributed by atoms with E-state index in [1.54, 1.807) is 0 Å². The van der Waals surface area contributed by atoms with Crippen LogP contribution in [-0.2, 0) is 17.8 Å². The van der Waals surface area contributed by atoms with Gasteiger partial charge in [-0.05, 0) is 56.0 Å². The van der Waals surface area contributed by atoms with Crippen molar-refractivity contribution >= 4 is 5.91 Å². The average molecular weight is 352 g/mol. The Labute approximate surface area is 156 Å². The topological polar surface area (TPSA) is 50.4 Å². The molecule has 1 saturated heterocycles. The minimum atomic E-state index is 0.153. The molecule has 138 valence electrons. The second-order valence-corrected chi connectivity index (χ2v) is 7.04. The minimum absolute atomic E-state index is 0.153. The Balaban J connectivity index is 1.39. The second kappa shape index (κ2) is 9.39. The van der Waals surface area contributed by atoms with Crippen LogP contribution in [0.5, 0.6) is 5.75 Å². The van der Waals surface area contributed by atoms with Crippen LogP contribution in [-0.4, -0.2) is 25.0 Å². The summed E-state index contributed by atoms with van der Waals surface area (Å²) < 4.78 is 5.80. The fourth-order valence-electron chi connectivity index (χ4n) is 3.34. The van der Waals surface area contributed by atoms with Crippen molar-refractivity contribution < 1.29 is 9.53 Å². The Morgan fingerprint density at radius 1 is 1.12 bits per heavy atom. The maximum atomic E-state index is 12.2. The number of carbonyl (C=O) groups is 1. The van der Waals surface area contributed by atoms with Crippen LogP contribution in [0.1, 0.15) is 30.9 Å². The van der Waals surface area contributed by atoms with Gasteiger partial charge in [-0.3, -0.25) is 4.79 Å². The fraction of sp³-hybridized carbons (Fsp3) is 0.409. The highest BCUT2D eigenvalue weighted by atomic mass is 16.5. The Hall–Kier alpha value is -2.33. The van der Waals surface area contributed by atoms with Crippen molar-refractivity contribution in [3.63, 3.8) is 0 Å². The summed E-state index contributed by atoms with van der Waals surface area (Å²) in [7, 11) is 0. The van der Waals surface area contributed by atoms with E-state index in [4.69, 9.17) is 4.74 Å². The molecule has 3 rings (SSSR count). The third-order valence-electron chi connectivity index (χ3n) is 4.88. The van der Waals surface area contributed by atoms with Crippen molar-refractivity contribution in [1.82, 2.24) is 10.6 Å². The first-order valence-corrected chi connectivity index (χ1v) is 9.47. The van der Waals surface area contributed by atoms with Gasteiger partial charge in [0, 0.05) is 18.5 Å². The molecule has 0 spiro atoms. The molecule has 1 aliphatic heterocycles. The predicted molar refractivity (Wildman–Crippen MR) is 104 cm³/mol. The highest BCUT2D eigenvalue weighted by molar-refractivity contribution is 5.78. The average Bonchev–Trinajstić information content (AvgIpc) is 2.68. The molecular formula is C22H28N2O2. The van der Waals surface area contributed by atoms with E-state index in [0.717, 1.165) is 37.1 Å². The van der Waals surface area contributed by atoms with Gasteiger partial charge < -0.3 is 15.4 Å². The van der Waals surface area contributed by atoms with Gasteiger partial charge in [0.1, 0.15) is 12.4 Å². The Bertz CT molecular complexity index is 685. The van der Waals surface area contributed by atoms with Crippen molar-refractivity contribution in [3.8, 4) is 5.75 Å². The predicted octanol–water partition coefficient (Wildman–Crippen LogP) is 3.31. The van der Waals surface area contributed by atoms with E-state index >= 15 is 0 Å². The number of rotatable bonds is 7. The monoisotopic (exact) mass is 352 g/mol. The van der Waals surface area contributed by atoms with Crippen LogP contribution < -0.4 is 15.4 Å². The quantitative estimate of drug-likeness (QED) is 0.804. The number of ether oxygens (including phenoxy) is 1. The molecule has 0 unspecified atom stereocenters. The van der Waals surface area contributed by atoms with Crippen molar-refractivity contribution in [1.29, 1.82) is 0 Å². The summed E-state index contributed by atoms with van der Waals surface area (Å²) in [5, 5.41) is 6.47. The van der Waals surface area contributed by atoms with Gasteiger partial charge in [0.05, 0.1) is 0 Å². The summed E-state index contributed by atoms with van der Waals surface area (Å²) in [6.07, 6.45) is 2.70. The summed E-state index contributed by atoms with van der Waals surface area (Å²) in [5.41, 5.74) is 2.36. The molecule has 0 radical (unpaired) electrons. The number of benzene rings is 2. The van der Waals surface area contributed by atoms with Gasteiger partial charge in [0.2, 0.25) is 5.91 Å². The molecule has 1 heterocycles. The Kier molecular flexibility index (Phi) is 6.67. The Morgan fingerprint density at radius 2 is 1.88 bits per heavy atom. The maximum Gasteiger partial charge on any atom is 0.223 e. The van der Waals surface area contributed by atoms with Crippen LogP contribution in [0, 0.1) is 5.92 Å². The summed E-state index contributed by atoms with van der Waals surface area (Å²) >= 11 is 0. The molecule has 0 aliphatic carbocycles. The third-order valence-corrected chi connectivity index (χ3v) is 4.88. The molecule has 26 heavy (non-hydrogen) atoms. The van der Waals surface area contributed by atoms with Gasteiger partial charge in [0.15, 0.2) is 0 Å². The molecule has 1 aliphatic rings. The van der Waals surface area contributed by atoms with E-state index in [1.807, 2.05) is 30.3 Å². The van der Waals surface area contributed by atoms with E-state index in [0.29, 0.717) is 19.2 Å². The van der Waals surface area contributed by atoms with Gasteiger partial charge in [-0.1, -0.05) is 42.5 Å². The van der Waals surface area contributed by atoms with E-state index in [2.05, 4.69) is 41.8 Å². The van der Waals surface area contributed by atoms with Gasteiger partial charge in [-0.15, -0.1) is 0 Å². The van der Waals surface area contributed by atoms with Crippen molar-refractivity contribution in [2.45, 2.75) is 38.8 Å². The van der Waals surface area contributed by atoms with Crippen LogP contribution in [0.15, 0.2) is 54.6 Å². The fourth-order valence-corrected chi connectivity index (χ4v) is 3.34. The summed E-state index contributed by atoms with van der Waals surface area (Å²) in [6.45, 7) is 4.33. The van der Waals surface area contributed by atoms with Crippen molar-refractivity contribution in [2.75, 3.05) is 13.1 Å².